The van der Waals surface area contributed by atoms with Crippen molar-refractivity contribution >= 4 is 11.8 Å². The van der Waals surface area contributed by atoms with Gasteiger partial charge in [0.05, 0.1) is 25.8 Å². The first kappa shape index (κ1) is 21.6. The topological polar surface area (TPSA) is 57.2 Å². The Morgan fingerprint density at radius 2 is 1.73 bits per heavy atom. The van der Waals surface area contributed by atoms with Crippen LogP contribution in [0.1, 0.15) is 11.1 Å². The molecule has 1 aliphatic heterocycles. The quantitative estimate of drug-likeness (QED) is 0.698. The van der Waals surface area contributed by atoms with Gasteiger partial charge >= 0.3 is 12.1 Å². The predicted molar refractivity (Wildman–Crippen MR) is 107 cm³/mol. The number of hydrogen-bond acceptors (Lipinski definition) is 6. The fourth-order valence-electron chi connectivity index (χ4n) is 3.11. The maximum absolute atomic E-state index is 12.7. The van der Waals surface area contributed by atoms with Crippen molar-refractivity contribution in [1.29, 1.82) is 0 Å². The highest BCUT2D eigenvalue weighted by atomic mass is 19.4. The van der Waals surface area contributed by atoms with E-state index in [-0.39, 0.29) is 12.5 Å². The van der Waals surface area contributed by atoms with Gasteiger partial charge in [-0.15, -0.1) is 0 Å². The highest BCUT2D eigenvalue weighted by Gasteiger charge is 2.30. The number of methoxy groups -OCH3 is 1. The summed E-state index contributed by atoms with van der Waals surface area (Å²) in [5.74, 6) is 0.502. The summed E-state index contributed by atoms with van der Waals surface area (Å²) in [5, 5.41) is 4.29. The van der Waals surface area contributed by atoms with Gasteiger partial charge < -0.3 is 9.64 Å². The summed E-state index contributed by atoms with van der Waals surface area (Å²) in [4.78, 5) is 15.3. The molecule has 6 nitrogen and oxygen atoms in total. The minimum absolute atomic E-state index is 0.172. The van der Waals surface area contributed by atoms with Crippen molar-refractivity contribution in [2.24, 2.45) is 5.10 Å². The smallest absolute Gasteiger partial charge is 0.416 e. The van der Waals surface area contributed by atoms with Gasteiger partial charge in [0.25, 0.3) is 0 Å². The molecule has 30 heavy (non-hydrogen) atoms. The molecule has 0 saturated heterocycles. The van der Waals surface area contributed by atoms with E-state index in [1.807, 2.05) is 36.2 Å². The monoisotopic (exact) mass is 420 g/mol. The molecule has 0 radical (unpaired) electrons. The van der Waals surface area contributed by atoms with E-state index in [2.05, 4.69) is 20.2 Å². The van der Waals surface area contributed by atoms with Crippen LogP contribution in [0.2, 0.25) is 0 Å². The molecule has 0 aliphatic carbocycles. The molecule has 0 amide bonds. The van der Waals surface area contributed by atoms with Gasteiger partial charge in [0.2, 0.25) is 0 Å². The molecule has 3 rings (SSSR count). The minimum Gasteiger partial charge on any atom is -0.468 e. The molecule has 1 heterocycles. The van der Waals surface area contributed by atoms with Gasteiger partial charge in [0, 0.05) is 6.54 Å². The zero-order valence-corrected chi connectivity index (χ0v) is 16.7. The maximum atomic E-state index is 12.7. The molecular weight excluding hydrogens is 397 g/mol. The Bertz CT molecular complexity index is 896. The van der Waals surface area contributed by atoms with Crippen LogP contribution in [0.25, 0.3) is 11.1 Å². The van der Waals surface area contributed by atoms with Gasteiger partial charge in [-0.2, -0.15) is 18.3 Å². The van der Waals surface area contributed by atoms with Crippen LogP contribution in [-0.2, 0) is 22.3 Å². The minimum atomic E-state index is -4.34. The molecule has 2 aromatic carbocycles. The molecule has 0 unspecified atom stereocenters. The van der Waals surface area contributed by atoms with Gasteiger partial charge in [-0.1, -0.05) is 36.4 Å². The van der Waals surface area contributed by atoms with Crippen molar-refractivity contribution in [2.45, 2.75) is 12.7 Å². The summed E-state index contributed by atoms with van der Waals surface area (Å²) in [6.45, 7) is 1.84. The number of carbonyl (C=O) groups is 1. The fourth-order valence-corrected chi connectivity index (χ4v) is 3.11. The average molecular weight is 420 g/mol. The van der Waals surface area contributed by atoms with E-state index in [0.717, 1.165) is 34.7 Å². The second kappa shape index (κ2) is 9.17. The fraction of sp³-hybridized carbons (Fsp3) is 0.333. The lowest BCUT2D eigenvalue weighted by atomic mass is 10.0. The van der Waals surface area contributed by atoms with Gasteiger partial charge in [0.15, 0.2) is 0 Å². The third kappa shape index (κ3) is 5.50. The van der Waals surface area contributed by atoms with Crippen molar-refractivity contribution in [1.82, 2.24) is 15.2 Å². The number of nitrogens with zero attached hydrogens (tertiary/aromatic N) is 3. The van der Waals surface area contributed by atoms with E-state index >= 15 is 0 Å². The number of nitrogens with one attached hydrogen (secondary N) is 1. The molecule has 0 fully saturated rings. The van der Waals surface area contributed by atoms with Crippen molar-refractivity contribution in [3.8, 4) is 11.1 Å². The Labute approximate surface area is 172 Å². The van der Waals surface area contributed by atoms with E-state index in [1.54, 1.807) is 0 Å². The van der Waals surface area contributed by atoms with Crippen molar-refractivity contribution in [3.05, 3.63) is 59.7 Å². The number of amidine groups is 1. The molecule has 0 atom stereocenters. The summed E-state index contributed by atoms with van der Waals surface area (Å²) in [6.07, 6.45) is -4.34. The lowest BCUT2D eigenvalue weighted by molar-refractivity contribution is -0.141. The molecule has 0 aromatic heterocycles. The van der Waals surface area contributed by atoms with Crippen LogP contribution in [0.3, 0.4) is 0 Å². The van der Waals surface area contributed by atoms with Crippen molar-refractivity contribution in [3.63, 3.8) is 0 Å². The molecule has 9 heteroatoms. The number of ether oxygens (including phenoxy) is 1. The van der Waals surface area contributed by atoms with Crippen LogP contribution in [-0.4, -0.2) is 55.5 Å². The van der Waals surface area contributed by atoms with E-state index in [1.165, 1.54) is 19.2 Å². The first-order valence-electron chi connectivity index (χ1n) is 9.32. The molecule has 0 spiro atoms. The third-order valence-electron chi connectivity index (χ3n) is 4.75. The summed E-state index contributed by atoms with van der Waals surface area (Å²) < 4.78 is 42.8. The third-order valence-corrected chi connectivity index (χ3v) is 4.75. The van der Waals surface area contributed by atoms with E-state index < -0.39 is 11.7 Å². The second-order valence-corrected chi connectivity index (χ2v) is 7.06. The van der Waals surface area contributed by atoms with Crippen LogP contribution < -0.4 is 5.43 Å². The Hall–Kier alpha value is -3.07. The molecular formula is C21H23F3N4O2. The summed E-state index contributed by atoms with van der Waals surface area (Å²) in [5.41, 5.74) is 4.90. The second-order valence-electron chi connectivity index (χ2n) is 7.06. The van der Waals surface area contributed by atoms with Crippen LogP contribution in [0.5, 0.6) is 0 Å². The molecule has 1 aliphatic rings. The number of halogens is 3. The lowest BCUT2D eigenvalue weighted by Crippen LogP contribution is -2.38. The number of hydrazone groups is 1. The molecule has 0 bridgehead atoms. The zero-order valence-electron chi connectivity index (χ0n) is 16.7. The normalized spacial score (nSPS) is 13.9. The van der Waals surface area contributed by atoms with Gasteiger partial charge in [-0.05, 0) is 35.9 Å². The number of carbonyl (C=O) groups excluding carboxylic acids is 1. The van der Waals surface area contributed by atoms with E-state index in [4.69, 9.17) is 0 Å². The number of hydrogen-bond donors (Lipinski definition) is 1. The Balaban J connectivity index is 1.61. The molecule has 2 aromatic rings. The Morgan fingerprint density at radius 3 is 2.30 bits per heavy atom. The van der Waals surface area contributed by atoms with Gasteiger partial charge in [-0.25, -0.2) is 0 Å². The van der Waals surface area contributed by atoms with Crippen LogP contribution in [0, 0.1) is 0 Å². The first-order chi connectivity index (χ1) is 14.3. The van der Waals surface area contributed by atoms with E-state index in [0.29, 0.717) is 19.8 Å². The highest BCUT2D eigenvalue weighted by Crippen LogP contribution is 2.31. The summed E-state index contributed by atoms with van der Waals surface area (Å²) in [7, 11) is 3.17. The number of likely N-dealkylation sites (N-methyl/N-ethyl adjacent to an activating group) is 1. The molecule has 160 valence electrons. The summed E-state index contributed by atoms with van der Waals surface area (Å²) in [6, 6.07) is 12.8. The Kier molecular flexibility index (Phi) is 6.61. The summed E-state index contributed by atoms with van der Waals surface area (Å²) >= 11 is 0. The van der Waals surface area contributed by atoms with Crippen LogP contribution >= 0.6 is 0 Å². The predicted octanol–water partition coefficient (Wildman–Crippen LogP) is 3.15. The van der Waals surface area contributed by atoms with E-state index in [9.17, 15) is 18.0 Å². The van der Waals surface area contributed by atoms with Crippen LogP contribution in [0.15, 0.2) is 53.6 Å². The standard InChI is InChI=1S/C21H23F3N4O2/c1-27(13-20(29)30-2)12-19-26-25-14-28(19)11-15-3-5-16(6-4-15)17-7-9-18(10-8-17)21(22,23)24/h3-10,25H,11-14H2,1-2H3. The lowest BCUT2D eigenvalue weighted by Gasteiger charge is -2.23. The zero-order chi connectivity index (χ0) is 21.7. The average Bonchev–Trinajstić information content (AvgIpc) is 3.14. The largest absolute Gasteiger partial charge is 0.468 e. The molecule has 0 saturated carbocycles. The van der Waals surface area contributed by atoms with Crippen LogP contribution in [0.4, 0.5) is 13.2 Å². The Morgan fingerprint density at radius 1 is 1.13 bits per heavy atom. The number of esters is 1. The van der Waals surface area contributed by atoms with Gasteiger partial charge in [0.1, 0.15) is 12.5 Å². The SMILES string of the molecule is COC(=O)CN(C)CC1=NNCN1Cc1ccc(-c2ccc(C(F)(F)F)cc2)cc1. The number of rotatable bonds is 7. The number of benzene rings is 2. The van der Waals surface area contributed by atoms with Crippen molar-refractivity contribution in [2.75, 3.05) is 33.9 Å². The highest BCUT2D eigenvalue weighted by molar-refractivity contribution is 5.85. The number of alkyl halides is 3. The maximum Gasteiger partial charge on any atom is 0.416 e. The first-order valence-corrected chi connectivity index (χ1v) is 9.32. The molecule has 1 N–H and O–H groups in total. The van der Waals surface area contributed by atoms with Crippen molar-refractivity contribution < 1.29 is 22.7 Å². The van der Waals surface area contributed by atoms with Gasteiger partial charge in [-0.3, -0.25) is 15.1 Å².